The molecule has 0 aliphatic rings. The second-order valence-electron chi connectivity index (χ2n) is 5.13. The highest BCUT2D eigenvalue weighted by Gasteiger charge is 2.15. The van der Waals surface area contributed by atoms with Gasteiger partial charge in [-0.2, -0.15) is 4.39 Å². The fraction of sp³-hybridized carbons (Fsp3) is 0.263. The molecule has 116 valence electrons. The van der Waals surface area contributed by atoms with Crippen molar-refractivity contribution in [1.82, 2.24) is 0 Å². The fourth-order valence-electron chi connectivity index (χ4n) is 2.22. The minimum atomic E-state index is -0.967. The summed E-state index contributed by atoms with van der Waals surface area (Å²) in [5.41, 5.74) is 2.11. The van der Waals surface area contributed by atoms with Crippen molar-refractivity contribution < 1.29 is 13.5 Å². The van der Waals surface area contributed by atoms with Crippen LogP contribution >= 0.6 is 0 Å². The lowest BCUT2D eigenvalue weighted by molar-refractivity contribution is 0.415. The van der Waals surface area contributed by atoms with Gasteiger partial charge in [0.1, 0.15) is 0 Å². The minimum absolute atomic E-state index is 0.112. The molecule has 2 aromatic rings. The van der Waals surface area contributed by atoms with Crippen LogP contribution in [0.4, 0.5) is 8.78 Å². The number of rotatable bonds is 6. The van der Waals surface area contributed by atoms with Gasteiger partial charge in [0.25, 0.3) is 0 Å². The van der Waals surface area contributed by atoms with Crippen molar-refractivity contribution in [2.45, 2.75) is 33.1 Å². The maximum atomic E-state index is 14.2. The molecule has 0 bridgehead atoms. The van der Waals surface area contributed by atoms with Crippen LogP contribution in [0.5, 0.6) is 5.75 Å². The molecule has 0 aliphatic heterocycles. The van der Waals surface area contributed by atoms with E-state index in [2.05, 4.69) is 6.92 Å². The second kappa shape index (κ2) is 7.74. The third-order valence-electron chi connectivity index (χ3n) is 3.46. The number of unbranched alkanes of at least 4 members (excludes halogenated alkanes) is 1. The van der Waals surface area contributed by atoms with Gasteiger partial charge in [0.15, 0.2) is 11.6 Å². The lowest BCUT2D eigenvalue weighted by Gasteiger charge is -2.09. The van der Waals surface area contributed by atoms with Gasteiger partial charge in [0.05, 0.1) is 6.26 Å². The van der Waals surface area contributed by atoms with Crippen LogP contribution in [-0.2, 0) is 6.42 Å². The average molecular weight is 302 g/mol. The second-order valence-corrected chi connectivity index (χ2v) is 5.13. The summed E-state index contributed by atoms with van der Waals surface area (Å²) >= 11 is 0. The molecule has 0 fully saturated rings. The highest BCUT2D eigenvalue weighted by Crippen LogP contribution is 2.30. The van der Waals surface area contributed by atoms with Crippen molar-refractivity contribution in [1.29, 1.82) is 0 Å². The number of hydrogen-bond donors (Lipinski definition) is 0. The summed E-state index contributed by atoms with van der Waals surface area (Å²) in [6, 6.07) is 10.6. The maximum Gasteiger partial charge on any atom is 0.201 e. The monoisotopic (exact) mass is 302 g/mol. The Morgan fingerprint density at radius 2 is 1.73 bits per heavy atom. The van der Waals surface area contributed by atoms with E-state index in [1.165, 1.54) is 24.0 Å². The van der Waals surface area contributed by atoms with Crippen LogP contribution in [0.15, 0.2) is 48.7 Å². The lowest BCUT2D eigenvalue weighted by Crippen LogP contribution is -1.95. The number of ether oxygens (including phenoxy) is 1. The van der Waals surface area contributed by atoms with Crippen molar-refractivity contribution in [3.8, 4) is 16.9 Å². The molecule has 2 aromatic carbocycles. The van der Waals surface area contributed by atoms with E-state index >= 15 is 0 Å². The van der Waals surface area contributed by atoms with E-state index in [4.69, 9.17) is 4.74 Å². The maximum absolute atomic E-state index is 14.2. The number of benzene rings is 2. The highest BCUT2D eigenvalue weighted by atomic mass is 19.2. The Labute approximate surface area is 130 Å². The normalized spacial score (nSPS) is 11.1. The van der Waals surface area contributed by atoms with Crippen LogP contribution in [-0.4, -0.2) is 0 Å². The van der Waals surface area contributed by atoms with Gasteiger partial charge in [0, 0.05) is 5.56 Å². The predicted molar refractivity (Wildman–Crippen MR) is 85.8 cm³/mol. The molecule has 0 radical (unpaired) electrons. The lowest BCUT2D eigenvalue weighted by atomic mass is 10.0. The van der Waals surface area contributed by atoms with Crippen molar-refractivity contribution >= 4 is 0 Å². The van der Waals surface area contributed by atoms with Gasteiger partial charge >= 0.3 is 0 Å². The quantitative estimate of drug-likeness (QED) is 0.605. The molecule has 2 rings (SSSR count). The van der Waals surface area contributed by atoms with Crippen molar-refractivity contribution in [2.75, 3.05) is 0 Å². The Bertz CT molecular complexity index is 645. The van der Waals surface area contributed by atoms with E-state index in [9.17, 15) is 8.78 Å². The summed E-state index contributed by atoms with van der Waals surface area (Å²) < 4.78 is 33.2. The Kier molecular flexibility index (Phi) is 5.70. The summed E-state index contributed by atoms with van der Waals surface area (Å²) in [4.78, 5) is 0. The molecule has 3 heteroatoms. The third-order valence-corrected chi connectivity index (χ3v) is 3.46. The van der Waals surface area contributed by atoms with E-state index in [0.717, 1.165) is 19.3 Å². The zero-order valence-electron chi connectivity index (χ0n) is 12.9. The topological polar surface area (TPSA) is 9.23 Å². The molecule has 0 unspecified atom stereocenters. The van der Waals surface area contributed by atoms with E-state index in [1.54, 1.807) is 13.0 Å². The molecule has 0 aromatic heterocycles. The Balaban J connectivity index is 2.27. The van der Waals surface area contributed by atoms with Crippen LogP contribution in [0.3, 0.4) is 0 Å². The van der Waals surface area contributed by atoms with Crippen LogP contribution in [0.25, 0.3) is 11.1 Å². The summed E-state index contributed by atoms with van der Waals surface area (Å²) in [7, 11) is 0. The molecule has 0 saturated heterocycles. The van der Waals surface area contributed by atoms with Crippen LogP contribution in [0.2, 0.25) is 0 Å². The standard InChI is InChI=1S/C19H20F2O/c1-3-5-6-14-7-9-15(10-8-14)16-11-12-17(22-13-4-2)19(21)18(16)20/h4,7-13H,3,5-6H2,1-2H3. The van der Waals surface area contributed by atoms with Gasteiger partial charge in [-0.3, -0.25) is 0 Å². The third kappa shape index (κ3) is 3.73. The van der Waals surface area contributed by atoms with Gasteiger partial charge in [-0.05, 0) is 43.0 Å². The van der Waals surface area contributed by atoms with Gasteiger partial charge < -0.3 is 4.74 Å². The van der Waals surface area contributed by atoms with Crippen LogP contribution < -0.4 is 4.74 Å². The zero-order valence-corrected chi connectivity index (χ0v) is 12.9. The molecular formula is C19H20F2O. The number of aryl methyl sites for hydroxylation is 1. The Morgan fingerprint density at radius 3 is 2.36 bits per heavy atom. The van der Waals surface area contributed by atoms with Crippen LogP contribution in [0, 0.1) is 11.6 Å². The summed E-state index contributed by atoms with van der Waals surface area (Å²) in [6.07, 6.45) is 6.19. The molecule has 0 saturated carbocycles. The zero-order chi connectivity index (χ0) is 15.9. The Hall–Kier alpha value is -2.16. The molecule has 0 aliphatic carbocycles. The fourth-order valence-corrected chi connectivity index (χ4v) is 2.22. The molecule has 0 heterocycles. The van der Waals surface area contributed by atoms with E-state index in [1.807, 2.05) is 24.3 Å². The number of allylic oxidation sites excluding steroid dienone is 1. The van der Waals surface area contributed by atoms with Gasteiger partial charge in [-0.1, -0.05) is 43.7 Å². The highest BCUT2D eigenvalue weighted by molar-refractivity contribution is 5.65. The minimum Gasteiger partial charge on any atom is -0.462 e. The molecular weight excluding hydrogens is 282 g/mol. The average Bonchev–Trinajstić information content (AvgIpc) is 2.55. The van der Waals surface area contributed by atoms with Crippen molar-refractivity contribution in [2.24, 2.45) is 0 Å². The molecule has 0 spiro atoms. The Morgan fingerprint density at radius 1 is 1.00 bits per heavy atom. The van der Waals surface area contributed by atoms with E-state index in [0.29, 0.717) is 5.56 Å². The summed E-state index contributed by atoms with van der Waals surface area (Å²) in [5, 5.41) is 0. The number of hydrogen-bond acceptors (Lipinski definition) is 1. The SMILES string of the molecule is CC=COc1ccc(-c2ccc(CCCC)cc2)c(F)c1F. The molecule has 0 amide bonds. The van der Waals surface area contributed by atoms with Gasteiger partial charge in [-0.15, -0.1) is 0 Å². The molecule has 22 heavy (non-hydrogen) atoms. The van der Waals surface area contributed by atoms with E-state index in [-0.39, 0.29) is 11.3 Å². The van der Waals surface area contributed by atoms with E-state index < -0.39 is 11.6 Å². The first-order valence-corrected chi connectivity index (χ1v) is 7.52. The summed E-state index contributed by atoms with van der Waals surface area (Å²) in [6.45, 7) is 3.88. The van der Waals surface area contributed by atoms with Gasteiger partial charge in [-0.25, -0.2) is 4.39 Å². The largest absolute Gasteiger partial charge is 0.462 e. The van der Waals surface area contributed by atoms with Crippen molar-refractivity contribution in [3.05, 3.63) is 65.9 Å². The van der Waals surface area contributed by atoms with Gasteiger partial charge in [0.2, 0.25) is 5.82 Å². The van der Waals surface area contributed by atoms with Crippen LogP contribution in [0.1, 0.15) is 32.3 Å². The first kappa shape index (κ1) is 16.2. The first-order chi connectivity index (χ1) is 10.7. The smallest absolute Gasteiger partial charge is 0.201 e. The summed E-state index contributed by atoms with van der Waals surface area (Å²) in [5.74, 6) is -1.96. The van der Waals surface area contributed by atoms with Crippen molar-refractivity contribution in [3.63, 3.8) is 0 Å². The number of halogens is 2. The molecule has 1 nitrogen and oxygen atoms in total. The predicted octanol–water partition coefficient (Wildman–Crippen LogP) is 5.89. The first-order valence-electron chi connectivity index (χ1n) is 7.52. The molecule has 0 N–H and O–H groups in total. The molecule has 0 atom stereocenters.